The minimum atomic E-state index is 0.691. The van der Waals surface area contributed by atoms with Crippen LogP contribution in [0.4, 0.5) is 5.69 Å². The first-order valence-electron chi connectivity index (χ1n) is 11.3. The summed E-state index contributed by atoms with van der Waals surface area (Å²) in [6.45, 7) is 12.5. The molecule has 0 saturated heterocycles. The van der Waals surface area contributed by atoms with Gasteiger partial charge in [-0.05, 0) is 80.3 Å². The Morgan fingerprint density at radius 3 is 2.44 bits per heavy atom. The molecule has 176 valence electrons. The van der Waals surface area contributed by atoms with E-state index in [1.165, 1.54) is 11.1 Å². The van der Waals surface area contributed by atoms with Crippen LogP contribution in [0.25, 0.3) is 16.8 Å². The Bertz CT molecular complexity index is 1240. The van der Waals surface area contributed by atoms with Crippen LogP contribution < -0.4 is 5.32 Å². The zero-order chi connectivity index (χ0) is 24.7. The summed E-state index contributed by atoms with van der Waals surface area (Å²) in [7, 11) is 0. The maximum absolute atomic E-state index is 6.53. The van der Waals surface area contributed by atoms with Gasteiger partial charge in [-0.3, -0.25) is 0 Å². The topological polar surface area (TPSA) is 24.9 Å². The number of nitrogens with zero attached hydrogens (tertiary/aromatic N) is 1. The van der Waals surface area contributed by atoms with Crippen LogP contribution in [0.2, 0.25) is 10.0 Å². The Morgan fingerprint density at radius 2 is 1.79 bits per heavy atom. The lowest BCUT2D eigenvalue weighted by atomic mass is 10.1. The number of anilines is 1. The lowest BCUT2D eigenvalue weighted by Gasteiger charge is -2.14. The van der Waals surface area contributed by atoms with Crippen molar-refractivity contribution >= 4 is 45.8 Å². The smallest absolute Gasteiger partial charge is 0.119 e. The third-order valence-electron chi connectivity index (χ3n) is 5.16. The van der Waals surface area contributed by atoms with Crippen LogP contribution in [0.15, 0.2) is 89.5 Å². The summed E-state index contributed by atoms with van der Waals surface area (Å²) >= 11 is 14.2. The van der Waals surface area contributed by atoms with Gasteiger partial charge in [0.15, 0.2) is 0 Å². The van der Waals surface area contributed by atoms with Gasteiger partial charge in [0, 0.05) is 21.7 Å². The molecule has 34 heavy (non-hydrogen) atoms. The van der Waals surface area contributed by atoms with Crippen LogP contribution in [0.3, 0.4) is 0 Å². The van der Waals surface area contributed by atoms with Gasteiger partial charge in [0.05, 0.1) is 16.4 Å². The largest absolute Gasteiger partial charge is 0.354 e. The van der Waals surface area contributed by atoms with E-state index in [0.29, 0.717) is 5.02 Å². The fourth-order valence-electron chi connectivity index (χ4n) is 3.49. The first kappa shape index (κ1) is 26.0. The van der Waals surface area contributed by atoms with Gasteiger partial charge in [0.1, 0.15) is 5.01 Å². The molecule has 1 aromatic heterocycles. The first-order chi connectivity index (χ1) is 16.3. The quantitative estimate of drug-likeness (QED) is 0.290. The average molecular weight is 510 g/mol. The molecule has 0 atom stereocenters. The summed E-state index contributed by atoms with van der Waals surface area (Å²) in [5, 5.41) is 7.99. The van der Waals surface area contributed by atoms with E-state index in [1.807, 2.05) is 36.4 Å². The minimum absolute atomic E-state index is 0.691. The average Bonchev–Trinajstić information content (AvgIpc) is 3.30. The number of allylic oxidation sites excluding steroid dienone is 6. The molecule has 3 aromatic rings. The molecule has 0 aliphatic rings. The third-order valence-corrected chi connectivity index (χ3v) is 6.72. The van der Waals surface area contributed by atoms with Crippen molar-refractivity contribution in [3.8, 4) is 11.3 Å². The maximum Gasteiger partial charge on any atom is 0.119 e. The van der Waals surface area contributed by atoms with Crippen molar-refractivity contribution < 1.29 is 0 Å². The maximum atomic E-state index is 6.53. The molecule has 3 rings (SSSR count). The predicted octanol–water partition coefficient (Wildman–Crippen LogP) is 9.99. The first-order valence-corrected chi connectivity index (χ1v) is 12.9. The normalized spacial score (nSPS) is 12.2. The van der Waals surface area contributed by atoms with Crippen molar-refractivity contribution in [1.29, 1.82) is 0 Å². The van der Waals surface area contributed by atoms with E-state index in [2.05, 4.69) is 69.3 Å². The van der Waals surface area contributed by atoms with Gasteiger partial charge in [-0.2, -0.15) is 0 Å². The van der Waals surface area contributed by atoms with Crippen LogP contribution in [-0.2, 0) is 6.42 Å². The highest BCUT2D eigenvalue weighted by Crippen LogP contribution is 2.30. The Kier molecular flexibility index (Phi) is 9.35. The van der Waals surface area contributed by atoms with Crippen molar-refractivity contribution in [3.63, 3.8) is 0 Å². The molecule has 0 aliphatic carbocycles. The van der Waals surface area contributed by atoms with Crippen LogP contribution in [0.1, 0.15) is 44.7 Å². The molecule has 5 heteroatoms. The predicted molar refractivity (Wildman–Crippen MR) is 152 cm³/mol. The Morgan fingerprint density at radius 1 is 1.06 bits per heavy atom. The SMILES string of the molecule is C=CC(/C=C(\C)c1nc(-c2ccc(Cl)cc2)cs1)=C(\C=C(C)C)Nc1cc(CCC)ccc1Cl. The molecule has 0 fully saturated rings. The highest BCUT2D eigenvalue weighted by molar-refractivity contribution is 7.11. The summed E-state index contributed by atoms with van der Waals surface area (Å²) in [6.07, 6.45) is 8.20. The highest BCUT2D eigenvalue weighted by Gasteiger charge is 2.10. The van der Waals surface area contributed by atoms with Gasteiger partial charge in [0.2, 0.25) is 0 Å². The number of aryl methyl sites for hydroxylation is 1. The van der Waals surface area contributed by atoms with Gasteiger partial charge in [0.25, 0.3) is 0 Å². The third kappa shape index (κ3) is 6.96. The summed E-state index contributed by atoms with van der Waals surface area (Å²) in [6, 6.07) is 13.9. The number of hydrogen-bond donors (Lipinski definition) is 1. The minimum Gasteiger partial charge on any atom is -0.354 e. The van der Waals surface area contributed by atoms with Crippen molar-refractivity contribution in [2.45, 2.75) is 40.5 Å². The zero-order valence-corrected chi connectivity index (χ0v) is 22.4. The van der Waals surface area contributed by atoms with E-state index in [0.717, 1.165) is 56.7 Å². The van der Waals surface area contributed by atoms with Crippen molar-refractivity contribution in [3.05, 3.63) is 110 Å². The number of thiazole rings is 1. The highest BCUT2D eigenvalue weighted by atomic mass is 35.5. The molecule has 0 aliphatic heterocycles. The summed E-state index contributed by atoms with van der Waals surface area (Å²) < 4.78 is 0. The summed E-state index contributed by atoms with van der Waals surface area (Å²) in [4.78, 5) is 4.84. The molecule has 0 amide bonds. The molecule has 0 spiro atoms. The summed E-state index contributed by atoms with van der Waals surface area (Å²) in [5.41, 5.74) is 8.29. The van der Waals surface area contributed by atoms with E-state index in [-0.39, 0.29) is 0 Å². The fourth-order valence-corrected chi connectivity index (χ4v) is 4.59. The number of halogens is 2. The fraction of sp³-hybridized carbons (Fsp3) is 0.207. The van der Waals surface area contributed by atoms with Crippen molar-refractivity contribution in [2.75, 3.05) is 5.32 Å². The number of aromatic nitrogens is 1. The molecule has 1 heterocycles. The van der Waals surface area contributed by atoms with E-state index >= 15 is 0 Å². The van der Waals surface area contributed by atoms with E-state index in [1.54, 1.807) is 11.3 Å². The molecule has 2 nitrogen and oxygen atoms in total. The Hall–Kier alpha value is -2.59. The number of rotatable bonds is 9. The number of hydrogen-bond acceptors (Lipinski definition) is 3. The molecule has 0 unspecified atom stereocenters. The molecular formula is C29H30Cl2N2S. The second kappa shape index (κ2) is 12.2. The van der Waals surface area contributed by atoms with Gasteiger partial charge >= 0.3 is 0 Å². The monoisotopic (exact) mass is 508 g/mol. The van der Waals surface area contributed by atoms with Crippen molar-refractivity contribution in [1.82, 2.24) is 4.98 Å². The molecule has 0 bridgehead atoms. The molecule has 2 aromatic carbocycles. The van der Waals surface area contributed by atoms with Crippen molar-refractivity contribution in [2.24, 2.45) is 0 Å². The van der Waals surface area contributed by atoms with E-state index < -0.39 is 0 Å². The standard InChI is InChI=1S/C29H30Cl2N2S/c1-6-8-21-9-14-25(31)27(17-21)32-26(15-19(3)4)22(7-2)16-20(5)29-33-28(18-34-29)23-10-12-24(30)13-11-23/h7,9-18,32H,2,6,8H2,1,3-5H3/b20-16+,26-22-. The van der Waals surface area contributed by atoms with Gasteiger partial charge < -0.3 is 5.32 Å². The number of benzene rings is 2. The molecule has 0 radical (unpaired) electrons. The van der Waals surface area contributed by atoms with Crippen LogP contribution in [0, 0.1) is 0 Å². The second-order valence-corrected chi connectivity index (χ2v) is 10.1. The van der Waals surface area contributed by atoms with Gasteiger partial charge in [-0.15, -0.1) is 11.3 Å². The molecule has 0 saturated carbocycles. The molecular weight excluding hydrogens is 479 g/mol. The second-order valence-electron chi connectivity index (χ2n) is 8.36. The summed E-state index contributed by atoms with van der Waals surface area (Å²) in [5.74, 6) is 0. The lowest BCUT2D eigenvalue weighted by molar-refractivity contribution is 0.922. The van der Waals surface area contributed by atoms with Crippen LogP contribution in [-0.4, -0.2) is 4.98 Å². The van der Waals surface area contributed by atoms with Gasteiger partial charge in [-0.1, -0.05) is 73.0 Å². The Balaban J connectivity index is 1.98. The van der Waals surface area contributed by atoms with Crippen LogP contribution in [0.5, 0.6) is 0 Å². The van der Waals surface area contributed by atoms with Gasteiger partial charge in [-0.25, -0.2) is 4.98 Å². The lowest BCUT2D eigenvalue weighted by Crippen LogP contribution is -2.02. The van der Waals surface area contributed by atoms with Crippen LogP contribution >= 0.6 is 34.5 Å². The van der Waals surface area contributed by atoms with E-state index in [9.17, 15) is 0 Å². The number of nitrogens with one attached hydrogen (secondary N) is 1. The zero-order valence-electron chi connectivity index (χ0n) is 20.1. The Labute approximate surface area is 217 Å². The molecule has 1 N–H and O–H groups in total. The van der Waals surface area contributed by atoms with E-state index in [4.69, 9.17) is 28.2 Å².